The fourth-order valence-corrected chi connectivity index (χ4v) is 2.87. The van der Waals surface area contributed by atoms with Crippen molar-refractivity contribution in [2.75, 3.05) is 13.7 Å². The van der Waals surface area contributed by atoms with E-state index in [9.17, 15) is 4.79 Å². The Morgan fingerprint density at radius 1 is 1.17 bits per heavy atom. The van der Waals surface area contributed by atoms with Gasteiger partial charge in [0, 0.05) is 0 Å². The van der Waals surface area contributed by atoms with E-state index in [4.69, 9.17) is 9.47 Å². The summed E-state index contributed by atoms with van der Waals surface area (Å²) in [6.45, 7) is 2.45. The van der Waals surface area contributed by atoms with Crippen molar-refractivity contribution in [1.82, 2.24) is 5.32 Å². The smallest absolute Gasteiger partial charge is 0.255 e. The molecule has 0 spiro atoms. The van der Waals surface area contributed by atoms with Crippen LogP contribution in [0.2, 0.25) is 0 Å². The van der Waals surface area contributed by atoms with Gasteiger partial charge in [-0.2, -0.15) is 0 Å². The third kappa shape index (κ3) is 3.70. The van der Waals surface area contributed by atoms with E-state index in [1.54, 1.807) is 13.2 Å². The first kappa shape index (κ1) is 16.4. The Morgan fingerprint density at radius 2 is 1.88 bits per heavy atom. The highest BCUT2D eigenvalue weighted by Crippen LogP contribution is 2.41. The van der Waals surface area contributed by atoms with E-state index in [1.165, 1.54) is 0 Å². The van der Waals surface area contributed by atoms with Crippen LogP contribution in [0.5, 0.6) is 11.5 Å². The summed E-state index contributed by atoms with van der Waals surface area (Å²) in [7, 11) is 1.65. The molecule has 3 rings (SSSR count). The van der Waals surface area contributed by atoms with Crippen molar-refractivity contribution in [2.45, 2.75) is 25.8 Å². The van der Waals surface area contributed by atoms with Gasteiger partial charge in [-0.1, -0.05) is 24.3 Å². The predicted molar refractivity (Wildman–Crippen MR) is 93.5 cm³/mol. The van der Waals surface area contributed by atoms with Gasteiger partial charge in [-0.05, 0) is 55.5 Å². The lowest BCUT2D eigenvalue weighted by Gasteiger charge is -2.20. The standard InChI is InChI=1S/C20H23NO3/c1-3-24-18-7-5-4-6-17(18)20(22)21-19(14-8-9-14)15-10-12-16(23-2)13-11-15/h4-7,10-14,19H,3,8-9H2,1-2H3,(H,21,22). The molecule has 2 aromatic rings. The summed E-state index contributed by atoms with van der Waals surface area (Å²) in [5.41, 5.74) is 1.69. The van der Waals surface area contributed by atoms with E-state index in [0.29, 0.717) is 23.8 Å². The molecular formula is C20H23NO3. The molecule has 1 aliphatic carbocycles. The molecule has 0 radical (unpaired) electrons. The lowest BCUT2D eigenvalue weighted by atomic mass is 10.0. The molecule has 1 N–H and O–H groups in total. The maximum atomic E-state index is 12.8. The average molecular weight is 325 g/mol. The molecule has 0 aliphatic heterocycles. The Morgan fingerprint density at radius 3 is 2.50 bits per heavy atom. The molecule has 1 saturated carbocycles. The second-order valence-electron chi connectivity index (χ2n) is 5.99. The molecule has 24 heavy (non-hydrogen) atoms. The number of carbonyl (C=O) groups is 1. The summed E-state index contributed by atoms with van der Waals surface area (Å²) in [5, 5.41) is 3.19. The SMILES string of the molecule is CCOc1ccccc1C(=O)NC(c1ccc(OC)cc1)C1CC1. The molecule has 4 nitrogen and oxygen atoms in total. The summed E-state index contributed by atoms with van der Waals surface area (Å²) >= 11 is 0. The molecule has 1 aliphatic rings. The zero-order chi connectivity index (χ0) is 16.9. The van der Waals surface area contributed by atoms with Gasteiger partial charge in [0.15, 0.2) is 0 Å². The van der Waals surface area contributed by atoms with Gasteiger partial charge in [-0.15, -0.1) is 0 Å². The quantitative estimate of drug-likeness (QED) is 0.838. The molecular weight excluding hydrogens is 302 g/mol. The van der Waals surface area contributed by atoms with Gasteiger partial charge in [0.2, 0.25) is 0 Å². The number of amides is 1. The van der Waals surface area contributed by atoms with Gasteiger partial charge in [-0.3, -0.25) is 4.79 Å². The van der Waals surface area contributed by atoms with Gasteiger partial charge in [-0.25, -0.2) is 0 Å². The lowest BCUT2D eigenvalue weighted by Crippen LogP contribution is -2.30. The second kappa shape index (κ2) is 7.39. The van der Waals surface area contributed by atoms with Crippen molar-refractivity contribution in [2.24, 2.45) is 5.92 Å². The maximum absolute atomic E-state index is 12.8. The van der Waals surface area contributed by atoms with Crippen molar-refractivity contribution < 1.29 is 14.3 Å². The van der Waals surface area contributed by atoms with Crippen LogP contribution < -0.4 is 14.8 Å². The van der Waals surface area contributed by atoms with Gasteiger partial charge in [0.25, 0.3) is 5.91 Å². The Bertz CT molecular complexity index is 692. The Hall–Kier alpha value is -2.49. The molecule has 4 heteroatoms. The maximum Gasteiger partial charge on any atom is 0.255 e. The minimum absolute atomic E-state index is 0.0260. The third-order valence-corrected chi connectivity index (χ3v) is 4.29. The number of rotatable bonds is 7. The van der Waals surface area contributed by atoms with Crippen molar-refractivity contribution in [3.63, 3.8) is 0 Å². The summed E-state index contributed by atoms with van der Waals surface area (Å²) in [4.78, 5) is 12.8. The Labute approximate surface area is 142 Å². The van der Waals surface area contributed by atoms with E-state index in [0.717, 1.165) is 24.2 Å². The number of carbonyl (C=O) groups excluding carboxylic acids is 1. The molecule has 1 atom stereocenters. The Balaban J connectivity index is 1.79. The summed E-state index contributed by atoms with van der Waals surface area (Å²) in [6, 6.07) is 15.3. The van der Waals surface area contributed by atoms with Crippen molar-refractivity contribution in [3.05, 3.63) is 59.7 Å². The van der Waals surface area contributed by atoms with Crippen LogP contribution in [-0.2, 0) is 0 Å². The minimum Gasteiger partial charge on any atom is -0.497 e. The summed E-state index contributed by atoms with van der Waals surface area (Å²) in [6.07, 6.45) is 2.29. The number of nitrogens with one attached hydrogen (secondary N) is 1. The van der Waals surface area contributed by atoms with Crippen molar-refractivity contribution in [3.8, 4) is 11.5 Å². The molecule has 0 heterocycles. The molecule has 1 unspecified atom stereocenters. The summed E-state index contributed by atoms with van der Waals surface area (Å²) in [5.74, 6) is 1.86. The molecule has 1 amide bonds. The van der Waals surface area contributed by atoms with Crippen molar-refractivity contribution >= 4 is 5.91 Å². The number of hydrogen-bond donors (Lipinski definition) is 1. The van der Waals surface area contributed by atoms with Crippen LogP contribution in [0.1, 0.15) is 41.7 Å². The topological polar surface area (TPSA) is 47.6 Å². The first-order chi connectivity index (χ1) is 11.7. The first-order valence-electron chi connectivity index (χ1n) is 8.39. The average Bonchev–Trinajstić information content (AvgIpc) is 3.45. The second-order valence-corrected chi connectivity index (χ2v) is 5.99. The van der Waals surface area contributed by atoms with Crippen LogP contribution in [-0.4, -0.2) is 19.6 Å². The largest absolute Gasteiger partial charge is 0.497 e. The highest BCUT2D eigenvalue weighted by Gasteiger charge is 2.34. The molecule has 1 fully saturated rings. The van der Waals surface area contributed by atoms with E-state index >= 15 is 0 Å². The predicted octanol–water partition coefficient (Wildman–Crippen LogP) is 3.98. The van der Waals surface area contributed by atoms with Gasteiger partial charge >= 0.3 is 0 Å². The van der Waals surface area contributed by atoms with Crippen LogP contribution in [0, 0.1) is 5.92 Å². The first-order valence-corrected chi connectivity index (χ1v) is 8.39. The van der Waals surface area contributed by atoms with Crippen LogP contribution in [0.25, 0.3) is 0 Å². The fourth-order valence-electron chi connectivity index (χ4n) is 2.87. The van der Waals surface area contributed by atoms with Gasteiger partial charge in [0.1, 0.15) is 11.5 Å². The number of para-hydroxylation sites is 1. The van der Waals surface area contributed by atoms with E-state index in [1.807, 2.05) is 49.4 Å². The van der Waals surface area contributed by atoms with Crippen LogP contribution in [0.15, 0.2) is 48.5 Å². The number of methoxy groups -OCH3 is 1. The molecule has 2 aromatic carbocycles. The number of ether oxygens (including phenoxy) is 2. The monoisotopic (exact) mass is 325 g/mol. The lowest BCUT2D eigenvalue weighted by molar-refractivity contribution is 0.0928. The summed E-state index contributed by atoms with van der Waals surface area (Å²) < 4.78 is 10.8. The molecule has 0 saturated heterocycles. The molecule has 126 valence electrons. The van der Waals surface area contributed by atoms with Crippen LogP contribution >= 0.6 is 0 Å². The zero-order valence-electron chi connectivity index (χ0n) is 14.1. The number of hydrogen-bond acceptors (Lipinski definition) is 3. The minimum atomic E-state index is -0.0910. The van der Waals surface area contributed by atoms with E-state index in [-0.39, 0.29) is 11.9 Å². The van der Waals surface area contributed by atoms with Crippen molar-refractivity contribution in [1.29, 1.82) is 0 Å². The fraction of sp³-hybridized carbons (Fsp3) is 0.350. The normalized spacial score (nSPS) is 14.8. The Kier molecular flexibility index (Phi) is 5.04. The van der Waals surface area contributed by atoms with Crippen LogP contribution in [0.3, 0.4) is 0 Å². The number of benzene rings is 2. The molecule has 0 aromatic heterocycles. The molecule has 0 bridgehead atoms. The zero-order valence-corrected chi connectivity index (χ0v) is 14.1. The highest BCUT2D eigenvalue weighted by molar-refractivity contribution is 5.97. The van der Waals surface area contributed by atoms with E-state index in [2.05, 4.69) is 5.32 Å². The van der Waals surface area contributed by atoms with Gasteiger partial charge < -0.3 is 14.8 Å². The van der Waals surface area contributed by atoms with Crippen LogP contribution in [0.4, 0.5) is 0 Å². The highest BCUT2D eigenvalue weighted by atomic mass is 16.5. The van der Waals surface area contributed by atoms with Gasteiger partial charge in [0.05, 0.1) is 25.3 Å². The third-order valence-electron chi connectivity index (χ3n) is 4.29. The van der Waals surface area contributed by atoms with E-state index < -0.39 is 0 Å².